The van der Waals surface area contributed by atoms with E-state index in [-0.39, 0.29) is 24.1 Å². The molecule has 228 valence electrons. The van der Waals surface area contributed by atoms with E-state index >= 15 is 0 Å². The van der Waals surface area contributed by atoms with Crippen LogP contribution in [0, 0.1) is 17.0 Å². The number of nitro groups is 1. The molecule has 42 heavy (non-hydrogen) atoms. The van der Waals surface area contributed by atoms with Crippen LogP contribution in [0.15, 0.2) is 48.5 Å². The Kier molecular flexibility index (Phi) is 11.3. The maximum atomic E-state index is 13.7. The van der Waals surface area contributed by atoms with Gasteiger partial charge in [-0.2, -0.15) is 0 Å². The first-order valence-corrected chi connectivity index (χ1v) is 15.6. The van der Waals surface area contributed by atoms with Crippen LogP contribution in [0.4, 0.5) is 5.69 Å². The standard InChI is InChI=1S/C29H38N4O8S/c1-4-17-29(28(35)31-30,42(3,38)39)25-16-11-20(2)19-24(25)23(27(34)32-41-26-10-5-6-18-40-26)9-7-8-21-12-14-22(15-13-21)33(36)37/h7-8,11-16,19,23,26H,4-6,9-10,17-18,30H2,1-3H3,(H,31,35)(H,32,34)/b8-7+/t23-,26?,29+/m0/s1. The van der Waals surface area contributed by atoms with Crippen LogP contribution in [0.5, 0.6) is 0 Å². The third-order valence-corrected chi connectivity index (χ3v) is 9.16. The molecular weight excluding hydrogens is 564 g/mol. The first-order chi connectivity index (χ1) is 19.9. The zero-order chi connectivity index (χ0) is 30.9. The topological polar surface area (TPSA) is 180 Å². The number of benzene rings is 2. The molecule has 3 rings (SSSR count). The van der Waals surface area contributed by atoms with Gasteiger partial charge in [0, 0.05) is 31.4 Å². The van der Waals surface area contributed by atoms with Crippen molar-refractivity contribution in [2.45, 2.75) is 69.3 Å². The maximum absolute atomic E-state index is 13.7. The van der Waals surface area contributed by atoms with Crippen molar-refractivity contribution < 1.29 is 32.5 Å². The van der Waals surface area contributed by atoms with Crippen molar-refractivity contribution in [3.63, 3.8) is 0 Å². The molecule has 0 bridgehead atoms. The number of ether oxygens (including phenoxy) is 1. The lowest BCUT2D eigenvalue weighted by Gasteiger charge is -2.34. The van der Waals surface area contributed by atoms with Gasteiger partial charge in [0.15, 0.2) is 20.9 Å². The number of rotatable bonds is 13. The average molecular weight is 603 g/mol. The van der Waals surface area contributed by atoms with E-state index in [1.54, 1.807) is 56.3 Å². The molecule has 2 aromatic carbocycles. The fourth-order valence-electron chi connectivity index (χ4n) is 5.15. The van der Waals surface area contributed by atoms with E-state index < -0.39 is 43.5 Å². The van der Waals surface area contributed by atoms with Gasteiger partial charge in [-0.3, -0.25) is 25.1 Å². The minimum atomic E-state index is -4.10. The Balaban J connectivity index is 2.09. The minimum Gasteiger partial charge on any atom is -0.350 e. The summed E-state index contributed by atoms with van der Waals surface area (Å²) in [5.74, 6) is 3.07. The van der Waals surface area contributed by atoms with Crippen molar-refractivity contribution in [3.8, 4) is 0 Å². The summed E-state index contributed by atoms with van der Waals surface area (Å²) in [4.78, 5) is 43.1. The third-order valence-electron chi connectivity index (χ3n) is 7.28. The highest BCUT2D eigenvalue weighted by Gasteiger charge is 2.50. The molecule has 4 N–H and O–H groups in total. The van der Waals surface area contributed by atoms with Gasteiger partial charge in [-0.05, 0) is 61.4 Å². The van der Waals surface area contributed by atoms with Crippen LogP contribution in [0.1, 0.15) is 73.6 Å². The summed E-state index contributed by atoms with van der Waals surface area (Å²) in [6, 6.07) is 10.8. The summed E-state index contributed by atoms with van der Waals surface area (Å²) >= 11 is 0. The van der Waals surface area contributed by atoms with Crippen LogP contribution in [0.2, 0.25) is 0 Å². The summed E-state index contributed by atoms with van der Waals surface area (Å²) in [6.07, 6.45) is 6.51. The van der Waals surface area contributed by atoms with Gasteiger partial charge in [0.05, 0.1) is 10.8 Å². The van der Waals surface area contributed by atoms with Crippen molar-refractivity contribution in [1.29, 1.82) is 0 Å². The van der Waals surface area contributed by atoms with E-state index in [0.717, 1.165) is 24.7 Å². The molecule has 0 spiro atoms. The second-order valence-electron chi connectivity index (χ2n) is 10.3. The molecule has 1 aliphatic heterocycles. The van der Waals surface area contributed by atoms with Gasteiger partial charge in [0.1, 0.15) is 0 Å². The van der Waals surface area contributed by atoms with Crippen molar-refractivity contribution in [2.75, 3.05) is 12.9 Å². The van der Waals surface area contributed by atoms with Crippen molar-refractivity contribution in [2.24, 2.45) is 5.84 Å². The summed E-state index contributed by atoms with van der Waals surface area (Å²) < 4.78 is 30.2. The first-order valence-electron chi connectivity index (χ1n) is 13.7. The Morgan fingerprint density at radius 1 is 1.24 bits per heavy atom. The number of allylic oxidation sites excluding steroid dienone is 1. The molecule has 1 aliphatic rings. The van der Waals surface area contributed by atoms with Crippen molar-refractivity contribution in [1.82, 2.24) is 10.9 Å². The number of nitrogens with two attached hydrogens (primary N) is 1. The molecule has 13 heteroatoms. The van der Waals surface area contributed by atoms with Crippen molar-refractivity contribution in [3.05, 3.63) is 80.9 Å². The number of nitrogens with one attached hydrogen (secondary N) is 2. The van der Waals surface area contributed by atoms with Crippen LogP contribution < -0.4 is 16.7 Å². The Labute approximate surface area is 245 Å². The maximum Gasteiger partial charge on any atom is 0.269 e. The van der Waals surface area contributed by atoms with Gasteiger partial charge in [-0.15, -0.1) is 0 Å². The van der Waals surface area contributed by atoms with Crippen LogP contribution in [0.25, 0.3) is 6.08 Å². The van der Waals surface area contributed by atoms with Crippen LogP contribution in [-0.2, 0) is 33.7 Å². The Morgan fingerprint density at radius 2 is 1.95 bits per heavy atom. The Morgan fingerprint density at radius 3 is 2.52 bits per heavy atom. The number of nitro benzene ring substituents is 1. The van der Waals surface area contributed by atoms with Gasteiger partial charge >= 0.3 is 0 Å². The van der Waals surface area contributed by atoms with Gasteiger partial charge in [0.25, 0.3) is 17.5 Å². The Bertz CT molecular complexity index is 1410. The number of carbonyl (C=O) groups excluding carboxylic acids is 2. The number of hydrogen-bond acceptors (Lipinski definition) is 9. The molecule has 1 unspecified atom stereocenters. The van der Waals surface area contributed by atoms with E-state index in [0.29, 0.717) is 30.6 Å². The molecule has 1 saturated heterocycles. The van der Waals surface area contributed by atoms with Gasteiger partial charge in [-0.1, -0.05) is 49.3 Å². The highest BCUT2D eigenvalue weighted by molar-refractivity contribution is 7.92. The number of hydrogen-bond donors (Lipinski definition) is 3. The number of carbonyl (C=O) groups is 2. The van der Waals surface area contributed by atoms with Crippen LogP contribution in [-0.4, -0.2) is 44.3 Å². The predicted molar refractivity (Wildman–Crippen MR) is 157 cm³/mol. The highest BCUT2D eigenvalue weighted by atomic mass is 32.2. The zero-order valence-corrected chi connectivity index (χ0v) is 24.8. The van der Waals surface area contributed by atoms with E-state index in [9.17, 15) is 28.1 Å². The molecule has 0 aromatic heterocycles. The fourth-order valence-corrected chi connectivity index (χ4v) is 6.71. The second kappa shape index (κ2) is 14.5. The molecule has 0 aliphatic carbocycles. The molecular formula is C29H38N4O8S. The molecule has 0 radical (unpaired) electrons. The lowest BCUT2D eigenvalue weighted by atomic mass is 9.81. The first kappa shape index (κ1) is 32.9. The lowest BCUT2D eigenvalue weighted by Crippen LogP contribution is -2.52. The van der Waals surface area contributed by atoms with Crippen molar-refractivity contribution >= 4 is 33.4 Å². The van der Waals surface area contributed by atoms with Gasteiger partial charge in [-0.25, -0.2) is 24.6 Å². The molecule has 12 nitrogen and oxygen atoms in total. The summed E-state index contributed by atoms with van der Waals surface area (Å²) in [5.41, 5.74) is 6.35. The van der Waals surface area contributed by atoms with E-state index in [1.807, 2.05) is 5.43 Å². The van der Waals surface area contributed by atoms with E-state index in [1.165, 1.54) is 12.1 Å². The SMILES string of the molecule is CCC[C@](C(=O)NN)(c1ccc(C)cc1[C@H](C/C=C/c1ccc([N+](=O)[O-])cc1)C(=O)NOC1CCCCO1)S(C)(=O)=O. The normalized spacial score (nSPS) is 17.8. The molecule has 3 atom stereocenters. The number of nitrogens with zero attached hydrogens (tertiary/aromatic N) is 1. The van der Waals surface area contributed by atoms with E-state index in [4.69, 9.17) is 15.4 Å². The molecule has 2 amide bonds. The van der Waals surface area contributed by atoms with Crippen LogP contribution >= 0.6 is 0 Å². The Hall–Kier alpha value is -3.65. The number of amides is 2. The zero-order valence-electron chi connectivity index (χ0n) is 24.0. The molecule has 1 heterocycles. The minimum absolute atomic E-state index is 0.0536. The number of aryl methyl sites for hydroxylation is 1. The second-order valence-corrected chi connectivity index (χ2v) is 12.6. The molecule has 2 aromatic rings. The number of non-ortho nitro benzene ring substituents is 1. The fraction of sp³-hybridized carbons (Fsp3) is 0.448. The van der Waals surface area contributed by atoms with Gasteiger partial charge in [0.2, 0.25) is 0 Å². The third kappa shape index (κ3) is 7.59. The lowest BCUT2D eigenvalue weighted by molar-refractivity contribution is -0.384. The highest BCUT2D eigenvalue weighted by Crippen LogP contribution is 2.41. The molecule has 0 saturated carbocycles. The van der Waals surface area contributed by atoms with Crippen LogP contribution in [0.3, 0.4) is 0 Å². The number of hydrazine groups is 1. The summed E-state index contributed by atoms with van der Waals surface area (Å²) in [7, 11) is -4.10. The largest absolute Gasteiger partial charge is 0.350 e. The summed E-state index contributed by atoms with van der Waals surface area (Å²) in [6.45, 7) is 4.06. The van der Waals surface area contributed by atoms with Gasteiger partial charge < -0.3 is 4.74 Å². The predicted octanol–water partition coefficient (Wildman–Crippen LogP) is 3.69. The van der Waals surface area contributed by atoms with E-state index in [2.05, 4.69) is 5.48 Å². The number of sulfone groups is 1. The summed E-state index contributed by atoms with van der Waals surface area (Å²) in [5, 5.41) is 11.0. The molecule has 1 fully saturated rings. The smallest absolute Gasteiger partial charge is 0.269 e. The average Bonchev–Trinajstić information content (AvgIpc) is 2.96. The number of hydroxylamine groups is 1. The monoisotopic (exact) mass is 602 g/mol. The quantitative estimate of drug-likeness (QED) is 0.133.